The molecule has 3 heteroatoms. The van der Waals surface area contributed by atoms with E-state index in [9.17, 15) is 0 Å². The maximum Gasteiger partial charge on any atom is 0.135 e. The van der Waals surface area contributed by atoms with Crippen LogP contribution in [0.3, 0.4) is 0 Å². The van der Waals surface area contributed by atoms with Crippen LogP contribution in [0.15, 0.2) is 211 Å². The van der Waals surface area contributed by atoms with Crippen LogP contribution in [-0.2, 0) is 0 Å². The first-order chi connectivity index (χ1) is 27.3. The zero-order chi connectivity index (χ0) is 36.3. The van der Waals surface area contributed by atoms with Gasteiger partial charge in [0.15, 0.2) is 0 Å². The zero-order valence-electron chi connectivity index (χ0n) is 29.9. The van der Waals surface area contributed by atoms with Gasteiger partial charge in [0.05, 0.1) is 22.4 Å². The zero-order valence-corrected chi connectivity index (χ0v) is 29.9. The number of hydrogen-bond donors (Lipinski definition) is 0. The van der Waals surface area contributed by atoms with Gasteiger partial charge in [-0.1, -0.05) is 146 Å². The molecule has 0 atom stereocenters. The Morgan fingerprint density at radius 2 is 0.945 bits per heavy atom. The molecule has 258 valence electrons. The Labute approximate surface area is 318 Å². The van der Waals surface area contributed by atoms with Crippen molar-refractivity contribution in [1.82, 2.24) is 4.57 Å². The highest BCUT2D eigenvalue weighted by Crippen LogP contribution is 2.45. The molecule has 11 aromatic rings. The van der Waals surface area contributed by atoms with Crippen molar-refractivity contribution in [3.8, 4) is 27.9 Å². The van der Waals surface area contributed by atoms with E-state index in [0.29, 0.717) is 0 Å². The fourth-order valence-electron chi connectivity index (χ4n) is 8.43. The van der Waals surface area contributed by atoms with E-state index in [0.717, 1.165) is 61.3 Å². The molecule has 2 aromatic heterocycles. The number of furan rings is 1. The molecule has 0 aliphatic carbocycles. The van der Waals surface area contributed by atoms with Gasteiger partial charge >= 0.3 is 0 Å². The Morgan fingerprint density at radius 3 is 1.76 bits per heavy atom. The van der Waals surface area contributed by atoms with Crippen molar-refractivity contribution in [2.45, 2.75) is 0 Å². The summed E-state index contributed by atoms with van der Waals surface area (Å²) < 4.78 is 8.77. The summed E-state index contributed by atoms with van der Waals surface area (Å²) in [6.07, 6.45) is 0. The minimum atomic E-state index is 0.876. The Morgan fingerprint density at radius 1 is 0.364 bits per heavy atom. The fourth-order valence-corrected chi connectivity index (χ4v) is 8.43. The Bertz CT molecular complexity index is 3210. The molecule has 9 aromatic carbocycles. The van der Waals surface area contributed by atoms with Crippen molar-refractivity contribution in [3.05, 3.63) is 206 Å². The second kappa shape index (κ2) is 12.6. The Balaban J connectivity index is 1.22. The standard InChI is InChI=1S/C52H34N2O/c1-3-15-35(16-4-1)41-21-9-12-24-47(41)53(39-28-30-52-46(33-39)44-23-11-14-26-51(44)55-52)40-27-29-43-42-22-10-13-25-48(42)54(50(43)34-40)49-32-38-20-8-7-19-37(38)31-45(49)36-17-5-2-6-18-36/h1-34H. The number of rotatable bonds is 6. The second-order valence-corrected chi connectivity index (χ2v) is 14.1. The van der Waals surface area contributed by atoms with Gasteiger partial charge in [0, 0.05) is 44.0 Å². The molecule has 3 nitrogen and oxygen atoms in total. The molecule has 0 spiro atoms. The number of nitrogens with zero attached hydrogens (tertiary/aromatic N) is 2. The minimum Gasteiger partial charge on any atom is -0.456 e. The summed E-state index contributed by atoms with van der Waals surface area (Å²) in [6, 6.07) is 74.1. The lowest BCUT2D eigenvalue weighted by Gasteiger charge is -2.28. The van der Waals surface area contributed by atoms with E-state index in [2.05, 4.69) is 204 Å². The van der Waals surface area contributed by atoms with E-state index < -0.39 is 0 Å². The number of benzene rings is 9. The van der Waals surface area contributed by atoms with E-state index in [1.54, 1.807) is 0 Å². The molecule has 0 aliphatic rings. The van der Waals surface area contributed by atoms with E-state index >= 15 is 0 Å². The highest BCUT2D eigenvalue weighted by atomic mass is 16.3. The maximum absolute atomic E-state index is 6.30. The van der Waals surface area contributed by atoms with Crippen LogP contribution < -0.4 is 4.90 Å². The predicted molar refractivity (Wildman–Crippen MR) is 231 cm³/mol. The van der Waals surface area contributed by atoms with Gasteiger partial charge in [0.1, 0.15) is 11.2 Å². The SMILES string of the molecule is c1ccc(-c2ccccc2N(c2ccc3oc4ccccc4c3c2)c2ccc3c4ccccc4n(-c4cc5ccccc5cc4-c4ccccc4)c3c2)cc1. The van der Waals surface area contributed by atoms with Crippen LogP contribution in [0.5, 0.6) is 0 Å². The second-order valence-electron chi connectivity index (χ2n) is 14.1. The molecule has 0 aliphatic heterocycles. The van der Waals surface area contributed by atoms with Crippen molar-refractivity contribution in [2.75, 3.05) is 4.90 Å². The third-order valence-corrected chi connectivity index (χ3v) is 11.0. The molecule has 0 radical (unpaired) electrons. The average Bonchev–Trinajstić information content (AvgIpc) is 3.79. The Kier molecular flexibility index (Phi) is 7.17. The lowest BCUT2D eigenvalue weighted by molar-refractivity contribution is 0.669. The molecule has 0 saturated heterocycles. The molecule has 0 bridgehead atoms. The van der Waals surface area contributed by atoms with Crippen molar-refractivity contribution < 1.29 is 4.42 Å². The summed E-state index contributed by atoms with van der Waals surface area (Å²) >= 11 is 0. The summed E-state index contributed by atoms with van der Waals surface area (Å²) in [7, 11) is 0. The first-order valence-corrected chi connectivity index (χ1v) is 18.8. The topological polar surface area (TPSA) is 21.3 Å². The summed E-state index contributed by atoms with van der Waals surface area (Å²) in [5, 5.41) is 7.05. The van der Waals surface area contributed by atoms with Crippen LogP contribution in [0.1, 0.15) is 0 Å². The van der Waals surface area contributed by atoms with Crippen molar-refractivity contribution in [1.29, 1.82) is 0 Å². The normalized spacial score (nSPS) is 11.6. The molecule has 0 N–H and O–H groups in total. The van der Waals surface area contributed by atoms with E-state index in [1.807, 2.05) is 12.1 Å². The van der Waals surface area contributed by atoms with Gasteiger partial charge < -0.3 is 13.9 Å². The summed E-state index contributed by atoms with van der Waals surface area (Å²) in [5.74, 6) is 0. The Hall–Kier alpha value is -7.36. The molecule has 55 heavy (non-hydrogen) atoms. The lowest BCUT2D eigenvalue weighted by atomic mass is 9.98. The highest BCUT2D eigenvalue weighted by Gasteiger charge is 2.22. The van der Waals surface area contributed by atoms with E-state index in [-0.39, 0.29) is 0 Å². The van der Waals surface area contributed by atoms with Crippen LogP contribution in [0.25, 0.3) is 82.5 Å². The predicted octanol–water partition coefficient (Wildman–Crippen LogP) is 14.6. The first kappa shape index (κ1) is 31.2. The summed E-state index contributed by atoms with van der Waals surface area (Å²) in [5.41, 5.74) is 13.1. The van der Waals surface area contributed by atoms with Crippen molar-refractivity contribution in [3.63, 3.8) is 0 Å². The smallest absolute Gasteiger partial charge is 0.135 e. The number of fused-ring (bicyclic) bond motifs is 7. The van der Waals surface area contributed by atoms with Crippen LogP contribution in [0.4, 0.5) is 17.1 Å². The fraction of sp³-hybridized carbons (Fsp3) is 0. The van der Waals surface area contributed by atoms with Gasteiger partial charge in [0.2, 0.25) is 0 Å². The van der Waals surface area contributed by atoms with Crippen LogP contribution in [0, 0.1) is 0 Å². The van der Waals surface area contributed by atoms with E-state index in [4.69, 9.17) is 4.42 Å². The van der Waals surface area contributed by atoms with Gasteiger partial charge in [0.25, 0.3) is 0 Å². The van der Waals surface area contributed by atoms with Gasteiger partial charge in [-0.2, -0.15) is 0 Å². The minimum absolute atomic E-state index is 0.876. The molecule has 0 fully saturated rings. The molecule has 0 amide bonds. The maximum atomic E-state index is 6.30. The van der Waals surface area contributed by atoms with Gasteiger partial charge in [-0.25, -0.2) is 0 Å². The molecule has 0 saturated carbocycles. The summed E-state index contributed by atoms with van der Waals surface area (Å²) in [6.45, 7) is 0. The van der Waals surface area contributed by atoms with Gasteiger partial charge in [-0.05, 0) is 82.6 Å². The molecule has 11 rings (SSSR count). The van der Waals surface area contributed by atoms with Crippen LogP contribution in [-0.4, -0.2) is 4.57 Å². The number of aromatic nitrogens is 1. The third-order valence-electron chi connectivity index (χ3n) is 11.0. The van der Waals surface area contributed by atoms with Crippen molar-refractivity contribution >= 4 is 71.6 Å². The number of para-hydroxylation sites is 3. The van der Waals surface area contributed by atoms with Crippen molar-refractivity contribution in [2.24, 2.45) is 0 Å². The molecule has 0 unspecified atom stereocenters. The first-order valence-electron chi connectivity index (χ1n) is 18.8. The lowest BCUT2D eigenvalue weighted by Crippen LogP contribution is -2.11. The highest BCUT2D eigenvalue weighted by molar-refractivity contribution is 6.12. The quantitative estimate of drug-likeness (QED) is 0.172. The largest absolute Gasteiger partial charge is 0.456 e. The summed E-state index contributed by atoms with van der Waals surface area (Å²) in [4.78, 5) is 2.41. The number of hydrogen-bond acceptors (Lipinski definition) is 2. The molecular formula is C52H34N2O. The average molecular weight is 703 g/mol. The van der Waals surface area contributed by atoms with Crippen LogP contribution in [0.2, 0.25) is 0 Å². The number of anilines is 3. The monoisotopic (exact) mass is 702 g/mol. The molecule has 2 heterocycles. The third kappa shape index (κ3) is 5.13. The van der Waals surface area contributed by atoms with E-state index in [1.165, 1.54) is 38.2 Å². The molecular weight excluding hydrogens is 669 g/mol. The van der Waals surface area contributed by atoms with Gasteiger partial charge in [-0.3, -0.25) is 0 Å². The van der Waals surface area contributed by atoms with Gasteiger partial charge in [-0.15, -0.1) is 0 Å². The van der Waals surface area contributed by atoms with Crippen LogP contribution >= 0.6 is 0 Å².